The van der Waals surface area contributed by atoms with E-state index < -0.39 is 18.6 Å². The van der Waals surface area contributed by atoms with Crippen LogP contribution in [0, 0.1) is 12.8 Å². The van der Waals surface area contributed by atoms with Crippen LogP contribution >= 0.6 is 0 Å². The van der Waals surface area contributed by atoms with Crippen LogP contribution in [0.1, 0.15) is 25.3 Å². The molecule has 0 bridgehead atoms. The van der Waals surface area contributed by atoms with E-state index in [4.69, 9.17) is 9.72 Å². The van der Waals surface area contributed by atoms with Crippen LogP contribution in [0.4, 0.5) is 30.9 Å². The first-order chi connectivity index (χ1) is 17.7. The molecule has 200 valence electrons. The van der Waals surface area contributed by atoms with Gasteiger partial charge < -0.3 is 29.9 Å². The van der Waals surface area contributed by atoms with Crippen molar-refractivity contribution in [2.24, 2.45) is 5.92 Å². The maximum absolute atomic E-state index is 14.2. The summed E-state index contributed by atoms with van der Waals surface area (Å²) in [6.07, 6.45) is 0.356. The average molecular weight is 516 g/mol. The van der Waals surface area contributed by atoms with E-state index in [0.29, 0.717) is 49.5 Å². The largest absolute Gasteiger partial charge is 0.385 e. The number of hydrogen-bond acceptors (Lipinski definition) is 6. The van der Waals surface area contributed by atoms with Gasteiger partial charge >= 0.3 is 6.03 Å². The second kappa shape index (κ2) is 10.4. The lowest BCUT2D eigenvalue weighted by Crippen LogP contribution is -2.37. The van der Waals surface area contributed by atoms with Crippen molar-refractivity contribution < 1.29 is 23.4 Å². The summed E-state index contributed by atoms with van der Waals surface area (Å²) in [5, 5.41) is 12.9. The van der Waals surface area contributed by atoms with Crippen LogP contribution in [-0.2, 0) is 4.74 Å². The van der Waals surface area contributed by atoms with Crippen molar-refractivity contribution in [2.75, 3.05) is 67.6 Å². The predicted octanol–water partition coefficient (Wildman–Crippen LogP) is 3.97. The maximum atomic E-state index is 14.2. The van der Waals surface area contributed by atoms with Gasteiger partial charge in [-0.05, 0) is 60.2 Å². The zero-order chi connectivity index (χ0) is 26.2. The molecule has 3 aliphatic heterocycles. The number of nitrogens with one attached hydrogen (secondary N) is 1. The van der Waals surface area contributed by atoms with E-state index in [0.717, 1.165) is 42.6 Å². The van der Waals surface area contributed by atoms with E-state index in [1.807, 2.05) is 36.1 Å². The summed E-state index contributed by atoms with van der Waals surface area (Å²) < 4.78 is 33.8. The molecule has 2 N–H and O–H groups in total. The van der Waals surface area contributed by atoms with Gasteiger partial charge in [0, 0.05) is 31.9 Å². The average Bonchev–Trinajstić information content (AvgIpc) is 3.49. The van der Waals surface area contributed by atoms with Crippen molar-refractivity contribution in [1.82, 2.24) is 9.88 Å². The second-order valence-corrected chi connectivity index (χ2v) is 10.3. The molecule has 1 unspecified atom stereocenters. The lowest BCUT2D eigenvalue weighted by Gasteiger charge is -2.29. The number of pyridine rings is 1. The minimum absolute atomic E-state index is 0.108. The number of amides is 2. The molecule has 4 heterocycles. The third-order valence-electron chi connectivity index (χ3n) is 7.69. The molecule has 3 fully saturated rings. The van der Waals surface area contributed by atoms with Crippen LogP contribution < -0.4 is 15.1 Å². The number of aliphatic hydroxyl groups excluding tert-OH is 1. The number of likely N-dealkylation sites (tertiary alicyclic amines) is 1. The number of morpholine rings is 1. The van der Waals surface area contributed by atoms with Crippen molar-refractivity contribution in [1.29, 1.82) is 0 Å². The SMILES string of the molecule is CC[C@@H]1CCN(C(=O)Nc2ccc(C)c(-c3cc(N4CCOCC4)nc(N4CC(O)C(F)(F)C4)c3)c2)C1. The lowest BCUT2D eigenvalue weighted by molar-refractivity contribution is -0.0712. The molecule has 2 amide bonds. The number of benzene rings is 1. The number of carbonyl (C=O) groups excluding carboxylic acids is 1. The number of anilines is 3. The van der Waals surface area contributed by atoms with Crippen molar-refractivity contribution in [3.8, 4) is 11.1 Å². The number of ether oxygens (including phenoxy) is 1. The van der Waals surface area contributed by atoms with Crippen LogP contribution in [0.5, 0.6) is 0 Å². The van der Waals surface area contributed by atoms with E-state index in [-0.39, 0.29) is 12.6 Å². The van der Waals surface area contributed by atoms with Gasteiger partial charge in [-0.3, -0.25) is 0 Å². The Morgan fingerprint density at radius 3 is 2.51 bits per heavy atom. The van der Waals surface area contributed by atoms with Crippen molar-refractivity contribution in [2.45, 2.75) is 38.7 Å². The van der Waals surface area contributed by atoms with Gasteiger partial charge in [-0.25, -0.2) is 18.6 Å². The molecule has 8 nitrogen and oxygen atoms in total. The third-order valence-corrected chi connectivity index (χ3v) is 7.69. The van der Waals surface area contributed by atoms with Gasteiger partial charge in [0.1, 0.15) is 17.7 Å². The molecule has 2 aromatic rings. The van der Waals surface area contributed by atoms with Gasteiger partial charge in [0.05, 0.1) is 26.3 Å². The monoisotopic (exact) mass is 515 g/mol. The number of aryl methyl sites for hydroxylation is 1. The second-order valence-electron chi connectivity index (χ2n) is 10.3. The Morgan fingerprint density at radius 2 is 1.86 bits per heavy atom. The summed E-state index contributed by atoms with van der Waals surface area (Å²) >= 11 is 0. The topological polar surface area (TPSA) is 81.2 Å². The molecule has 0 aliphatic carbocycles. The standard InChI is InChI=1S/C27H35F2N5O3/c1-3-19-6-7-33(15-19)26(36)30-21-5-4-18(2)22(14-21)20-12-24(32-8-10-37-11-9-32)31-25(13-20)34-16-23(35)27(28,29)17-34/h4-5,12-14,19,23,35H,3,6-11,15-17H2,1-2H3,(H,30,36)/t19-,23?/m1/s1. The molecule has 5 rings (SSSR count). The number of urea groups is 1. The molecule has 0 spiro atoms. The smallest absolute Gasteiger partial charge is 0.321 e. The minimum atomic E-state index is -3.19. The number of nitrogens with zero attached hydrogens (tertiary/aromatic N) is 4. The molecule has 0 radical (unpaired) electrons. The molecule has 1 aromatic heterocycles. The van der Waals surface area contributed by atoms with Crippen LogP contribution in [0.2, 0.25) is 0 Å². The number of alkyl halides is 2. The molecule has 1 aromatic carbocycles. The summed E-state index contributed by atoms with van der Waals surface area (Å²) in [6, 6.07) is 9.40. The molecule has 0 saturated carbocycles. The van der Waals surface area contributed by atoms with Crippen LogP contribution in [0.25, 0.3) is 11.1 Å². The Kier molecular flexibility index (Phi) is 7.22. The number of aliphatic hydroxyl groups is 1. The Labute approximate surface area is 216 Å². The zero-order valence-electron chi connectivity index (χ0n) is 21.4. The van der Waals surface area contributed by atoms with Crippen LogP contribution in [0.15, 0.2) is 30.3 Å². The van der Waals surface area contributed by atoms with Crippen molar-refractivity contribution in [3.63, 3.8) is 0 Å². The first kappa shape index (κ1) is 25.7. The molecule has 2 atom stereocenters. The Hall–Kier alpha value is -2.98. The first-order valence-corrected chi connectivity index (χ1v) is 13.1. The van der Waals surface area contributed by atoms with Gasteiger partial charge in [0.15, 0.2) is 0 Å². The summed E-state index contributed by atoms with van der Waals surface area (Å²) in [7, 11) is 0. The number of hydrogen-bond donors (Lipinski definition) is 2. The van der Waals surface area contributed by atoms with Crippen molar-refractivity contribution >= 4 is 23.4 Å². The molecule has 3 aliphatic rings. The zero-order valence-corrected chi connectivity index (χ0v) is 21.4. The van der Waals surface area contributed by atoms with E-state index in [1.165, 1.54) is 4.90 Å². The van der Waals surface area contributed by atoms with Crippen LogP contribution in [-0.4, -0.2) is 85.5 Å². The fourth-order valence-corrected chi connectivity index (χ4v) is 5.28. The quantitative estimate of drug-likeness (QED) is 0.627. The molecule has 3 saturated heterocycles. The Morgan fingerprint density at radius 1 is 1.14 bits per heavy atom. The van der Waals surface area contributed by atoms with E-state index in [2.05, 4.69) is 17.1 Å². The highest BCUT2D eigenvalue weighted by atomic mass is 19.3. The Balaban J connectivity index is 1.46. The number of carbonyl (C=O) groups is 1. The number of rotatable bonds is 5. The van der Waals surface area contributed by atoms with Gasteiger partial charge in [0.2, 0.25) is 0 Å². The molecular weight excluding hydrogens is 480 g/mol. The van der Waals surface area contributed by atoms with Gasteiger partial charge in [-0.2, -0.15) is 0 Å². The van der Waals surface area contributed by atoms with Gasteiger partial charge in [-0.15, -0.1) is 0 Å². The predicted molar refractivity (Wildman–Crippen MR) is 140 cm³/mol. The van der Waals surface area contributed by atoms with Crippen molar-refractivity contribution in [3.05, 3.63) is 35.9 Å². The highest BCUT2D eigenvalue weighted by Gasteiger charge is 2.47. The van der Waals surface area contributed by atoms with Crippen LogP contribution in [0.3, 0.4) is 0 Å². The van der Waals surface area contributed by atoms with E-state index >= 15 is 0 Å². The number of halogens is 2. The van der Waals surface area contributed by atoms with E-state index in [1.54, 1.807) is 6.07 Å². The summed E-state index contributed by atoms with van der Waals surface area (Å²) in [6.45, 7) is 7.32. The number of β-amino-alcohol motifs (C(OH)–C–C–N with tert-alkyl or cyclic N) is 1. The third kappa shape index (κ3) is 5.50. The molecular formula is C27H35F2N5O3. The highest BCUT2D eigenvalue weighted by molar-refractivity contribution is 5.91. The lowest BCUT2D eigenvalue weighted by atomic mass is 10.00. The fourth-order valence-electron chi connectivity index (χ4n) is 5.28. The highest BCUT2D eigenvalue weighted by Crippen LogP contribution is 2.36. The summed E-state index contributed by atoms with van der Waals surface area (Å²) in [5.74, 6) is -1.57. The first-order valence-electron chi connectivity index (χ1n) is 13.1. The molecule has 37 heavy (non-hydrogen) atoms. The van der Waals surface area contributed by atoms with Gasteiger partial charge in [0.25, 0.3) is 5.92 Å². The maximum Gasteiger partial charge on any atom is 0.321 e. The van der Waals surface area contributed by atoms with Gasteiger partial charge in [-0.1, -0.05) is 19.4 Å². The number of aromatic nitrogens is 1. The summed E-state index contributed by atoms with van der Waals surface area (Å²) in [5.41, 5.74) is 3.37. The summed E-state index contributed by atoms with van der Waals surface area (Å²) in [4.78, 5) is 23.0. The minimum Gasteiger partial charge on any atom is -0.385 e. The normalized spacial score (nSPS) is 23.5. The Bertz CT molecular complexity index is 1140. The van der Waals surface area contributed by atoms with E-state index in [9.17, 15) is 18.7 Å². The fraction of sp³-hybridized carbons (Fsp3) is 0.556. The molecule has 10 heteroatoms.